The van der Waals surface area contributed by atoms with E-state index in [1.807, 2.05) is 0 Å². The highest BCUT2D eigenvalue weighted by Crippen LogP contribution is 2.47. The Morgan fingerprint density at radius 2 is 1.83 bits per heavy atom. The Morgan fingerprint density at radius 1 is 1.28 bits per heavy atom. The molecular weight excluding hydrogens is 226 g/mol. The molecule has 2 fully saturated rings. The summed E-state index contributed by atoms with van der Waals surface area (Å²) in [5.41, 5.74) is -0.113. The van der Waals surface area contributed by atoms with Crippen molar-refractivity contribution in [1.82, 2.24) is 4.90 Å². The molecule has 1 atom stereocenters. The molecule has 1 spiro atoms. The molecule has 0 aliphatic carbocycles. The van der Waals surface area contributed by atoms with Gasteiger partial charge in [-0.2, -0.15) is 0 Å². The number of carbonyl (C=O) groups excluding carboxylic acids is 1. The second-order valence-corrected chi connectivity index (χ2v) is 7.37. The van der Waals surface area contributed by atoms with Gasteiger partial charge in [-0.1, -0.05) is 20.8 Å². The average molecular weight is 253 g/mol. The Labute approximate surface area is 111 Å². The number of cyclic esters (lactones) is 1. The van der Waals surface area contributed by atoms with E-state index < -0.39 is 0 Å². The van der Waals surface area contributed by atoms with Crippen LogP contribution in [0.1, 0.15) is 53.9 Å². The van der Waals surface area contributed by atoms with Crippen molar-refractivity contribution in [3.63, 3.8) is 0 Å². The van der Waals surface area contributed by atoms with Crippen LogP contribution in [0.5, 0.6) is 0 Å². The van der Waals surface area contributed by atoms with Gasteiger partial charge in [0.15, 0.2) is 0 Å². The van der Waals surface area contributed by atoms with Crippen LogP contribution in [0.4, 0.5) is 0 Å². The van der Waals surface area contributed by atoms with E-state index >= 15 is 0 Å². The second kappa shape index (κ2) is 4.52. The van der Waals surface area contributed by atoms with Crippen molar-refractivity contribution >= 4 is 5.97 Å². The summed E-state index contributed by atoms with van der Waals surface area (Å²) in [4.78, 5) is 14.7. The molecule has 1 unspecified atom stereocenters. The largest absolute Gasteiger partial charge is 0.461 e. The van der Waals surface area contributed by atoms with Gasteiger partial charge in [0.2, 0.25) is 0 Å². The zero-order chi connectivity index (χ0) is 13.6. The molecule has 2 heterocycles. The molecule has 2 saturated heterocycles. The van der Waals surface area contributed by atoms with Crippen LogP contribution in [-0.2, 0) is 9.53 Å². The van der Waals surface area contributed by atoms with Crippen molar-refractivity contribution in [2.45, 2.75) is 66.0 Å². The first kappa shape index (κ1) is 13.9. The van der Waals surface area contributed by atoms with Gasteiger partial charge in [-0.05, 0) is 45.2 Å². The van der Waals surface area contributed by atoms with Crippen molar-refractivity contribution in [2.24, 2.45) is 10.8 Å². The van der Waals surface area contributed by atoms with Gasteiger partial charge < -0.3 is 9.64 Å². The number of piperidine rings is 1. The number of hydrogen-bond donors (Lipinski definition) is 0. The molecule has 3 nitrogen and oxygen atoms in total. The third kappa shape index (κ3) is 2.42. The highest BCUT2D eigenvalue weighted by atomic mass is 16.6. The topological polar surface area (TPSA) is 29.5 Å². The predicted molar refractivity (Wildman–Crippen MR) is 72.3 cm³/mol. The smallest absolute Gasteiger partial charge is 0.312 e. The Hall–Kier alpha value is -0.570. The monoisotopic (exact) mass is 253 g/mol. The number of likely N-dealkylation sites (tertiary alicyclic amines) is 1. The molecule has 0 N–H and O–H groups in total. The zero-order valence-electron chi connectivity index (χ0n) is 12.5. The van der Waals surface area contributed by atoms with Gasteiger partial charge in [0, 0.05) is 12.5 Å². The van der Waals surface area contributed by atoms with Crippen molar-refractivity contribution in [2.75, 3.05) is 13.1 Å². The lowest BCUT2D eigenvalue weighted by Crippen LogP contribution is -2.45. The molecule has 0 amide bonds. The van der Waals surface area contributed by atoms with E-state index in [1.54, 1.807) is 0 Å². The maximum Gasteiger partial charge on any atom is 0.312 e. The van der Waals surface area contributed by atoms with Crippen molar-refractivity contribution in [3.05, 3.63) is 0 Å². The van der Waals surface area contributed by atoms with Gasteiger partial charge in [0.1, 0.15) is 6.10 Å². The van der Waals surface area contributed by atoms with E-state index in [2.05, 4.69) is 39.5 Å². The molecule has 2 rings (SSSR count). The van der Waals surface area contributed by atoms with Gasteiger partial charge in [0.05, 0.1) is 5.41 Å². The van der Waals surface area contributed by atoms with Crippen LogP contribution in [-0.4, -0.2) is 36.1 Å². The predicted octanol–water partition coefficient (Wildman–Crippen LogP) is 2.84. The van der Waals surface area contributed by atoms with Crippen LogP contribution >= 0.6 is 0 Å². The molecule has 2 aliphatic heterocycles. The summed E-state index contributed by atoms with van der Waals surface area (Å²) in [6.45, 7) is 13.0. The minimum absolute atomic E-state index is 0.0610. The first-order valence-electron chi connectivity index (χ1n) is 7.20. The minimum atomic E-state index is -0.177. The van der Waals surface area contributed by atoms with E-state index in [-0.39, 0.29) is 22.9 Å². The Bertz CT molecular complexity index is 322. The molecule has 104 valence electrons. The van der Waals surface area contributed by atoms with E-state index in [1.165, 1.54) is 0 Å². The average Bonchev–Trinajstić information content (AvgIpc) is 2.57. The highest BCUT2D eigenvalue weighted by Gasteiger charge is 2.52. The lowest BCUT2D eigenvalue weighted by molar-refractivity contribution is -0.153. The van der Waals surface area contributed by atoms with Crippen LogP contribution in [0.3, 0.4) is 0 Å². The maximum atomic E-state index is 12.2. The number of ether oxygens (including phenoxy) is 1. The number of esters is 1. The van der Waals surface area contributed by atoms with Crippen LogP contribution < -0.4 is 0 Å². The molecule has 0 saturated carbocycles. The summed E-state index contributed by atoms with van der Waals surface area (Å²) in [6, 6.07) is 0.582. The van der Waals surface area contributed by atoms with E-state index in [9.17, 15) is 4.79 Å². The quantitative estimate of drug-likeness (QED) is 0.673. The number of nitrogens with zero attached hydrogens (tertiary/aromatic N) is 1. The standard InChI is InChI=1S/C15H27NO2/c1-11(2)16-8-6-15(7-9-16)10-12(14(3,4)5)18-13(15)17/h11-12H,6-10H2,1-5H3. The third-order valence-electron chi connectivity index (χ3n) is 4.71. The normalized spacial score (nSPS) is 29.0. The van der Waals surface area contributed by atoms with Gasteiger partial charge in [-0.15, -0.1) is 0 Å². The number of carbonyl (C=O) groups is 1. The van der Waals surface area contributed by atoms with E-state index in [0.717, 1.165) is 32.4 Å². The molecule has 0 aromatic carbocycles. The van der Waals surface area contributed by atoms with Gasteiger partial charge in [-0.3, -0.25) is 4.79 Å². The SMILES string of the molecule is CC(C)N1CCC2(CC1)CC(C(C)(C)C)OC2=O. The van der Waals surface area contributed by atoms with Gasteiger partial charge >= 0.3 is 5.97 Å². The Morgan fingerprint density at radius 3 is 2.22 bits per heavy atom. The lowest BCUT2D eigenvalue weighted by Gasteiger charge is -2.38. The Kier molecular flexibility index (Phi) is 3.48. The first-order chi connectivity index (χ1) is 8.24. The molecule has 0 radical (unpaired) electrons. The first-order valence-corrected chi connectivity index (χ1v) is 7.20. The summed E-state index contributed by atoms with van der Waals surface area (Å²) in [7, 11) is 0. The maximum absolute atomic E-state index is 12.2. The van der Waals surface area contributed by atoms with E-state index in [0.29, 0.717) is 6.04 Å². The van der Waals surface area contributed by atoms with E-state index in [4.69, 9.17) is 4.74 Å². The third-order valence-corrected chi connectivity index (χ3v) is 4.71. The second-order valence-electron chi connectivity index (χ2n) is 7.37. The molecule has 0 aromatic heterocycles. The van der Waals surface area contributed by atoms with Crippen molar-refractivity contribution in [3.8, 4) is 0 Å². The zero-order valence-corrected chi connectivity index (χ0v) is 12.5. The molecule has 0 bridgehead atoms. The highest BCUT2D eigenvalue weighted by molar-refractivity contribution is 5.79. The van der Waals surface area contributed by atoms with Gasteiger partial charge in [-0.25, -0.2) is 0 Å². The summed E-state index contributed by atoms with van der Waals surface area (Å²) < 4.78 is 5.66. The Balaban J connectivity index is 2.04. The minimum Gasteiger partial charge on any atom is -0.461 e. The summed E-state index contributed by atoms with van der Waals surface area (Å²) in [5.74, 6) is 0.0610. The fraction of sp³-hybridized carbons (Fsp3) is 0.933. The summed E-state index contributed by atoms with van der Waals surface area (Å²) in [6.07, 6.45) is 2.95. The van der Waals surface area contributed by atoms with Gasteiger partial charge in [0.25, 0.3) is 0 Å². The van der Waals surface area contributed by atoms with Crippen LogP contribution in [0.15, 0.2) is 0 Å². The molecule has 18 heavy (non-hydrogen) atoms. The lowest BCUT2D eigenvalue weighted by atomic mass is 9.72. The number of rotatable bonds is 1. The summed E-state index contributed by atoms with van der Waals surface area (Å²) >= 11 is 0. The summed E-state index contributed by atoms with van der Waals surface area (Å²) in [5, 5.41) is 0. The fourth-order valence-corrected chi connectivity index (χ4v) is 3.09. The van der Waals surface area contributed by atoms with Crippen LogP contribution in [0.25, 0.3) is 0 Å². The molecule has 0 aromatic rings. The molecule has 2 aliphatic rings. The van der Waals surface area contributed by atoms with Crippen LogP contribution in [0.2, 0.25) is 0 Å². The number of hydrogen-bond acceptors (Lipinski definition) is 3. The van der Waals surface area contributed by atoms with Crippen molar-refractivity contribution < 1.29 is 9.53 Å². The van der Waals surface area contributed by atoms with Crippen molar-refractivity contribution in [1.29, 1.82) is 0 Å². The fourth-order valence-electron chi connectivity index (χ4n) is 3.09. The van der Waals surface area contributed by atoms with Crippen LogP contribution in [0, 0.1) is 10.8 Å². The molecular formula is C15H27NO2. The molecule has 3 heteroatoms.